The van der Waals surface area contributed by atoms with Crippen LogP contribution in [0.5, 0.6) is 5.75 Å². The number of fused-ring (bicyclic) bond motifs is 1. The molecule has 3 aliphatic heterocycles. The minimum absolute atomic E-state index is 0.0679. The van der Waals surface area contributed by atoms with Crippen molar-refractivity contribution >= 4 is 51.7 Å². The molecule has 11 heteroatoms. The van der Waals surface area contributed by atoms with Crippen LogP contribution in [0.1, 0.15) is 27.9 Å². The summed E-state index contributed by atoms with van der Waals surface area (Å²) in [5.41, 5.74) is 2.11. The summed E-state index contributed by atoms with van der Waals surface area (Å²) in [4.78, 5) is 43.4. The number of carbonyl (C=O) groups is 3. The number of carbonyl (C=O) groups excluding carboxylic acids is 3. The maximum Gasteiger partial charge on any atom is 0.343 e. The van der Waals surface area contributed by atoms with Crippen molar-refractivity contribution in [2.45, 2.75) is 13.3 Å². The van der Waals surface area contributed by atoms with Gasteiger partial charge in [-0.15, -0.1) is 0 Å². The van der Waals surface area contributed by atoms with E-state index in [0.29, 0.717) is 48.2 Å². The fourth-order valence-electron chi connectivity index (χ4n) is 3.89. The fourth-order valence-corrected chi connectivity index (χ4v) is 4.77. The van der Waals surface area contributed by atoms with Crippen molar-refractivity contribution in [3.8, 4) is 5.75 Å². The highest BCUT2D eigenvalue weighted by molar-refractivity contribution is 8.27. The lowest BCUT2D eigenvalue weighted by atomic mass is 10.1. The van der Waals surface area contributed by atoms with E-state index >= 15 is 0 Å². The largest absolute Gasteiger partial charge is 0.423 e. The quantitative estimate of drug-likeness (QED) is 0.367. The molecule has 0 radical (unpaired) electrons. The van der Waals surface area contributed by atoms with Gasteiger partial charge in [0.15, 0.2) is 5.84 Å². The van der Waals surface area contributed by atoms with Crippen LogP contribution in [-0.2, 0) is 14.3 Å². The van der Waals surface area contributed by atoms with E-state index in [1.54, 1.807) is 47.4 Å². The molecule has 2 amide bonds. The molecule has 0 aliphatic carbocycles. The lowest BCUT2D eigenvalue weighted by molar-refractivity contribution is -0.133. The van der Waals surface area contributed by atoms with Crippen LogP contribution in [0, 0.1) is 12.3 Å². The number of amidine groups is 2. The van der Waals surface area contributed by atoms with E-state index in [2.05, 4.69) is 10.1 Å². The number of hydrogen-bond acceptors (Lipinski definition) is 8. The first kappa shape index (κ1) is 24.6. The van der Waals surface area contributed by atoms with E-state index in [-0.39, 0.29) is 28.9 Å². The minimum atomic E-state index is -0.561. The van der Waals surface area contributed by atoms with Gasteiger partial charge in [-0.3, -0.25) is 15.0 Å². The smallest absolute Gasteiger partial charge is 0.343 e. The summed E-state index contributed by atoms with van der Waals surface area (Å²) in [5.74, 6) is -0.866. The van der Waals surface area contributed by atoms with Gasteiger partial charge in [-0.25, -0.2) is 4.79 Å². The monoisotopic (exact) mass is 517 g/mol. The molecule has 0 saturated carbocycles. The maximum absolute atomic E-state index is 12.7. The van der Waals surface area contributed by atoms with Gasteiger partial charge in [-0.2, -0.15) is 15.1 Å². The number of rotatable bonds is 5. The van der Waals surface area contributed by atoms with E-state index in [1.165, 1.54) is 11.1 Å². The molecule has 1 saturated heterocycles. The number of aryl methyl sites for hydroxylation is 1. The fraction of sp³-hybridized carbons (Fsp3) is 0.231. The van der Waals surface area contributed by atoms with Crippen LogP contribution in [0.25, 0.3) is 6.08 Å². The average molecular weight is 518 g/mol. The Bertz CT molecular complexity index is 1380. The first-order valence-corrected chi connectivity index (χ1v) is 12.4. The molecule has 37 heavy (non-hydrogen) atoms. The molecule has 0 atom stereocenters. The van der Waals surface area contributed by atoms with Gasteiger partial charge in [0.05, 0.1) is 30.8 Å². The second-order valence-electron chi connectivity index (χ2n) is 8.51. The number of hydrazone groups is 1. The van der Waals surface area contributed by atoms with Crippen molar-refractivity contribution < 1.29 is 23.9 Å². The van der Waals surface area contributed by atoms with Crippen molar-refractivity contribution in [2.75, 3.05) is 26.3 Å². The van der Waals surface area contributed by atoms with Crippen LogP contribution in [0.3, 0.4) is 0 Å². The molecule has 3 heterocycles. The van der Waals surface area contributed by atoms with Gasteiger partial charge in [-0.1, -0.05) is 29.8 Å². The van der Waals surface area contributed by atoms with E-state index < -0.39 is 11.9 Å². The summed E-state index contributed by atoms with van der Waals surface area (Å²) in [5, 5.41) is 14.9. The Morgan fingerprint density at radius 3 is 2.65 bits per heavy atom. The van der Waals surface area contributed by atoms with Crippen LogP contribution >= 0.6 is 11.8 Å². The zero-order valence-corrected chi connectivity index (χ0v) is 20.8. The molecule has 1 N–H and O–H groups in total. The highest BCUT2D eigenvalue weighted by atomic mass is 32.2. The number of hydrogen-bond donors (Lipinski definition) is 1. The van der Waals surface area contributed by atoms with Crippen molar-refractivity contribution in [3.63, 3.8) is 0 Å². The number of nitrogens with one attached hydrogen (secondary N) is 1. The number of esters is 1. The van der Waals surface area contributed by atoms with E-state index in [9.17, 15) is 14.4 Å². The Kier molecular flexibility index (Phi) is 6.97. The number of morpholine rings is 1. The summed E-state index contributed by atoms with van der Waals surface area (Å²) in [7, 11) is 0. The van der Waals surface area contributed by atoms with E-state index in [4.69, 9.17) is 14.9 Å². The number of benzene rings is 2. The molecule has 0 spiro atoms. The highest BCUT2D eigenvalue weighted by Crippen LogP contribution is 2.30. The predicted octanol–water partition coefficient (Wildman–Crippen LogP) is 3.08. The second kappa shape index (κ2) is 10.5. The van der Waals surface area contributed by atoms with Gasteiger partial charge in [0, 0.05) is 13.1 Å². The summed E-state index contributed by atoms with van der Waals surface area (Å²) in [6.07, 6.45) is 1.61. The van der Waals surface area contributed by atoms with E-state index in [0.717, 1.165) is 17.3 Å². The van der Waals surface area contributed by atoms with Crippen LogP contribution in [-0.4, -0.2) is 70.0 Å². The first-order valence-electron chi connectivity index (χ1n) is 11.6. The second-order valence-corrected chi connectivity index (χ2v) is 9.55. The lowest BCUT2D eigenvalue weighted by Crippen LogP contribution is -2.41. The van der Waals surface area contributed by atoms with Crippen molar-refractivity contribution in [2.24, 2.45) is 10.1 Å². The topological polar surface area (TPSA) is 125 Å². The third-order valence-corrected chi connectivity index (χ3v) is 6.73. The summed E-state index contributed by atoms with van der Waals surface area (Å²) >= 11 is 1.12. The number of ether oxygens (including phenoxy) is 2. The van der Waals surface area contributed by atoms with E-state index in [1.807, 2.05) is 13.0 Å². The number of nitrogens with zero attached hydrogens (tertiary/aromatic N) is 4. The summed E-state index contributed by atoms with van der Waals surface area (Å²) < 4.78 is 10.7. The Morgan fingerprint density at radius 2 is 1.92 bits per heavy atom. The zero-order chi connectivity index (χ0) is 25.9. The average Bonchev–Trinajstić information content (AvgIpc) is 3.30. The molecule has 5 rings (SSSR count). The molecule has 3 aliphatic rings. The van der Waals surface area contributed by atoms with Crippen LogP contribution in [0.4, 0.5) is 0 Å². The van der Waals surface area contributed by atoms with Gasteiger partial charge in [0.2, 0.25) is 11.1 Å². The molecule has 1 fully saturated rings. The van der Waals surface area contributed by atoms with Gasteiger partial charge in [0.25, 0.3) is 5.91 Å². The third-order valence-electron chi connectivity index (χ3n) is 5.82. The number of amides is 2. The Morgan fingerprint density at radius 1 is 1.16 bits per heavy atom. The Balaban J connectivity index is 1.26. The normalized spacial score (nSPS) is 18.5. The molecule has 2 aromatic carbocycles. The molecule has 2 aromatic rings. The Labute approximate surface area is 217 Å². The molecule has 188 valence electrons. The van der Waals surface area contributed by atoms with Gasteiger partial charge in [0.1, 0.15) is 10.8 Å². The van der Waals surface area contributed by atoms with Crippen molar-refractivity contribution in [1.82, 2.24) is 9.91 Å². The Hall–Kier alpha value is -4.09. The SMILES string of the molecule is Cc1cccc(C(=O)Oc2ccc(/C=C3/C(=N)N4N=C(CC(=O)N5CCOCC5)SC4=NC3=O)cc2)c1. The molecule has 0 bridgehead atoms. The van der Waals surface area contributed by atoms with Gasteiger partial charge >= 0.3 is 5.97 Å². The maximum atomic E-state index is 12.7. The van der Waals surface area contributed by atoms with Crippen LogP contribution < -0.4 is 4.74 Å². The van der Waals surface area contributed by atoms with Crippen LogP contribution in [0.15, 0.2) is 64.2 Å². The molecule has 0 unspecified atom stereocenters. The molecule has 10 nitrogen and oxygen atoms in total. The van der Waals surface area contributed by atoms with Gasteiger partial charge in [-0.05, 0) is 54.6 Å². The predicted molar refractivity (Wildman–Crippen MR) is 140 cm³/mol. The van der Waals surface area contributed by atoms with Gasteiger partial charge < -0.3 is 14.4 Å². The third kappa shape index (κ3) is 5.52. The first-order chi connectivity index (χ1) is 17.9. The number of aliphatic imine (C=N–C) groups is 1. The molecular weight excluding hydrogens is 494 g/mol. The standard InChI is InChI=1S/C26H23N5O5S/c1-16-3-2-4-18(13-16)25(34)36-19-7-5-17(6-8-19)14-20-23(27)31-26(28-24(20)33)37-21(29-31)15-22(32)30-9-11-35-12-10-30/h2-8,13-14,27H,9-12,15H2,1H3/b20-14-,27-23?. The van der Waals surface area contributed by atoms with Crippen molar-refractivity contribution in [3.05, 3.63) is 70.8 Å². The van der Waals surface area contributed by atoms with Crippen LogP contribution in [0.2, 0.25) is 0 Å². The lowest BCUT2D eigenvalue weighted by Gasteiger charge is -2.26. The number of thioether (sulfide) groups is 1. The highest BCUT2D eigenvalue weighted by Gasteiger charge is 2.36. The molecule has 0 aromatic heterocycles. The van der Waals surface area contributed by atoms with Crippen molar-refractivity contribution in [1.29, 1.82) is 5.41 Å². The summed E-state index contributed by atoms with van der Waals surface area (Å²) in [6, 6.07) is 13.7. The summed E-state index contributed by atoms with van der Waals surface area (Å²) in [6.45, 7) is 3.98. The zero-order valence-electron chi connectivity index (χ0n) is 20.0. The minimum Gasteiger partial charge on any atom is -0.423 e. The molecular formula is C26H23N5O5S.